The van der Waals surface area contributed by atoms with Gasteiger partial charge in [-0.2, -0.15) is 0 Å². The summed E-state index contributed by atoms with van der Waals surface area (Å²) in [6.45, 7) is 0. The number of hydrogen-bond donors (Lipinski definition) is 2. The van der Waals surface area contributed by atoms with Gasteiger partial charge in [0.2, 0.25) is 0 Å². The van der Waals surface area contributed by atoms with Crippen molar-refractivity contribution in [1.82, 2.24) is 0 Å². The van der Waals surface area contributed by atoms with Gasteiger partial charge in [0, 0.05) is 17.6 Å². The first-order chi connectivity index (χ1) is 3.80. The van der Waals surface area contributed by atoms with Gasteiger partial charge in [-0.25, -0.2) is 0 Å². The molecule has 0 bridgehead atoms. The summed E-state index contributed by atoms with van der Waals surface area (Å²) in [5.74, 6) is -0.153. The molecular weight excluding hydrogens is 177 g/mol. The second-order valence-electron chi connectivity index (χ2n) is 1.49. The van der Waals surface area contributed by atoms with Gasteiger partial charge < -0.3 is 10.2 Å². The minimum Gasteiger partial charge on any atom is -0.504 e. The van der Waals surface area contributed by atoms with Gasteiger partial charge in [-0.15, -0.1) is 0 Å². The Balaban J connectivity index is 0.000000640. The fraction of sp³-hybridized carbons (Fsp3) is 0. The average Bonchev–Trinajstić information content (AvgIpc) is 1.77. The van der Waals surface area contributed by atoms with Crippen molar-refractivity contribution in [3.8, 4) is 11.5 Å². The maximum Gasteiger partial charge on any atom is 0.157 e. The van der Waals surface area contributed by atoms with E-state index in [1.165, 1.54) is 12.1 Å². The molecule has 2 nitrogen and oxygen atoms in total. The maximum absolute atomic E-state index is 8.67. The Hall–Kier alpha value is -0.637. The van der Waals surface area contributed by atoms with Crippen LogP contribution in [0.1, 0.15) is 0 Å². The second kappa shape index (κ2) is 3.40. The van der Waals surface area contributed by atoms with Crippen LogP contribution in [0.25, 0.3) is 0 Å². The SMILES string of the molecule is Oc1ccccc1O.[Ge]. The fourth-order valence-electron chi connectivity index (χ4n) is 0.464. The van der Waals surface area contributed by atoms with Crippen LogP contribution in [0.3, 0.4) is 0 Å². The molecule has 0 aliphatic heterocycles. The molecular formula is C6H6GeO2. The molecule has 2 N–H and O–H groups in total. The summed E-state index contributed by atoms with van der Waals surface area (Å²) in [6, 6.07) is 6.15. The van der Waals surface area contributed by atoms with E-state index in [1.807, 2.05) is 0 Å². The molecule has 9 heavy (non-hydrogen) atoms. The van der Waals surface area contributed by atoms with E-state index in [1.54, 1.807) is 12.1 Å². The summed E-state index contributed by atoms with van der Waals surface area (Å²) < 4.78 is 0. The van der Waals surface area contributed by atoms with Gasteiger partial charge in [-0.3, -0.25) is 0 Å². The van der Waals surface area contributed by atoms with Gasteiger partial charge in [0.05, 0.1) is 0 Å². The minimum absolute atomic E-state index is 0. The Morgan fingerprint density at radius 1 is 0.889 bits per heavy atom. The topological polar surface area (TPSA) is 40.5 Å². The number of para-hydroxylation sites is 2. The van der Waals surface area contributed by atoms with Crippen LogP contribution in [0.5, 0.6) is 11.5 Å². The number of phenols is 2. The van der Waals surface area contributed by atoms with Crippen LogP contribution in [0.2, 0.25) is 0 Å². The molecule has 0 aliphatic carbocycles. The molecule has 1 rings (SSSR count). The van der Waals surface area contributed by atoms with Crippen molar-refractivity contribution in [3.05, 3.63) is 24.3 Å². The zero-order valence-corrected chi connectivity index (χ0v) is 6.80. The van der Waals surface area contributed by atoms with Crippen LogP contribution < -0.4 is 0 Å². The van der Waals surface area contributed by atoms with Gasteiger partial charge in [0.1, 0.15) is 0 Å². The molecule has 0 saturated carbocycles. The van der Waals surface area contributed by atoms with E-state index in [4.69, 9.17) is 10.2 Å². The Bertz CT molecular complexity index is 167. The van der Waals surface area contributed by atoms with Crippen LogP contribution in [0, 0.1) is 0 Å². The Morgan fingerprint density at radius 3 is 1.44 bits per heavy atom. The zero-order chi connectivity index (χ0) is 5.98. The first-order valence-electron chi connectivity index (χ1n) is 2.27. The predicted octanol–water partition coefficient (Wildman–Crippen LogP) is 0.717. The third kappa shape index (κ3) is 1.97. The van der Waals surface area contributed by atoms with Crippen molar-refractivity contribution in [2.24, 2.45) is 0 Å². The van der Waals surface area contributed by atoms with E-state index in [0.29, 0.717) is 0 Å². The van der Waals surface area contributed by atoms with Crippen LogP contribution in [-0.2, 0) is 0 Å². The molecule has 0 atom stereocenters. The van der Waals surface area contributed by atoms with Crippen LogP contribution >= 0.6 is 0 Å². The third-order valence-electron chi connectivity index (χ3n) is 0.882. The van der Waals surface area contributed by atoms with Crippen molar-refractivity contribution in [2.75, 3.05) is 0 Å². The average molecular weight is 183 g/mol. The molecule has 3 heteroatoms. The number of aromatic hydroxyl groups is 2. The monoisotopic (exact) mass is 184 g/mol. The molecule has 0 aromatic heterocycles. The Labute approximate surface area is 64.1 Å². The molecule has 0 saturated heterocycles. The molecule has 1 aromatic carbocycles. The quantitative estimate of drug-likeness (QED) is 0.459. The minimum atomic E-state index is -0.0764. The van der Waals surface area contributed by atoms with Gasteiger partial charge in [0.15, 0.2) is 11.5 Å². The summed E-state index contributed by atoms with van der Waals surface area (Å²) >= 11 is 0. The van der Waals surface area contributed by atoms with E-state index in [2.05, 4.69) is 0 Å². The van der Waals surface area contributed by atoms with Gasteiger partial charge in [-0.05, 0) is 12.1 Å². The summed E-state index contributed by atoms with van der Waals surface area (Å²) in [7, 11) is 0. The van der Waals surface area contributed by atoms with Crippen LogP contribution in [0.15, 0.2) is 24.3 Å². The summed E-state index contributed by atoms with van der Waals surface area (Å²) in [5, 5.41) is 17.3. The van der Waals surface area contributed by atoms with E-state index in [-0.39, 0.29) is 29.1 Å². The van der Waals surface area contributed by atoms with Gasteiger partial charge in [-0.1, -0.05) is 12.1 Å². The van der Waals surface area contributed by atoms with E-state index in [9.17, 15) is 0 Å². The zero-order valence-electron chi connectivity index (χ0n) is 4.70. The number of phenolic OH excluding ortho intramolecular Hbond substituents is 2. The van der Waals surface area contributed by atoms with Gasteiger partial charge >= 0.3 is 0 Å². The molecule has 1 aromatic rings. The first kappa shape index (κ1) is 8.36. The summed E-state index contributed by atoms with van der Waals surface area (Å²) in [6.07, 6.45) is 0. The van der Waals surface area contributed by atoms with Crippen molar-refractivity contribution in [1.29, 1.82) is 0 Å². The van der Waals surface area contributed by atoms with Crippen molar-refractivity contribution in [3.63, 3.8) is 0 Å². The predicted molar refractivity (Wildman–Crippen MR) is 35.5 cm³/mol. The van der Waals surface area contributed by atoms with E-state index < -0.39 is 0 Å². The second-order valence-corrected chi connectivity index (χ2v) is 1.49. The van der Waals surface area contributed by atoms with Crippen molar-refractivity contribution >= 4 is 17.6 Å². The number of rotatable bonds is 0. The van der Waals surface area contributed by atoms with Crippen molar-refractivity contribution < 1.29 is 10.2 Å². The standard InChI is InChI=1S/C6H6O2.Ge/c7-5-3-1-2-4-6(5)8;/h1-4,7-8H;. The maximum atomic E-state index is 8.67. The Morgan fingerprint density at radius 2 is 1.22 bits per heavy atom. The number of hydrogen-bond acceptors (Lipinski definition) is 2. The van der Waals surface area contributed by atoms with Crippen LogP contribution in [0.4, 0.5) is 0 Å². The summed E-state index contributed by atoms with van der Waals surface area (Å²) in [4.78, 5) is 0. The normalized spacial score (nSPS) is 8.00. The molecule has 4 radical (unpaired) electrons. The van der Waals surface area contributed by atoms with E-state index in [0.717, 1.165) is 0 Å². The van der Waals surface area contributed by atoms with E-state index >= 15 is 0 Å². The number of benzene rings is 1. The molecule has 0 fully saturated rings. The van der Waals surface area contributed by atoms with Gasteiger partial charge in [0.25, 0.3) is 0 Å². The molecule has 0 amide bonds. The first-order valence-corrected chi connectivity index (χ1v) is 2.27. The Kier molecular flexibility index (Phi) is 3.16. The molecule has 0 spiro atoms. The molecule has 46 valence electrons. The largest absolute Gasteiger partial charge is 0.504 e. The fourth-order valence-corrected chi connectivity index (χ4v) is 0.464. The van der Waals surface area contributed by atoms with Crippen molar-refractivity contribution in [2.45, 2.75) is 0 Å². The molecule has 0 unspecified atom stereocenters. The smallest absolute Gasteiger partial charge is 0.157 e. The molecule has 0 aliphatic rings. The third-order valence-corrected chi connectivity index (χ3v) is 0.882. The summed E-state index contributed by atoms with van der Waals surface area (Å²) in [5.41, 5.74) is 0. The molecule has 0 heterocycles. The van der Waals surface area contributed by atoms with Crippen LogP contribution in [-0.4, -0.2) is 27.8 Å².